The fraction of sp³-hybridized carbons (Fsp3) is 0.929. The molecule has 1 heterocycles. The van der Waals surface area contributed by atoms with E-state index in [4.69, 9.17) is 0 Å². The van der Waals surface area contributed by atoms with Gasteiger partial charge < -0.3 is 0 Å². The van der Waals surface area contributed by atoms with Crippen molar-refractivity contribution in [1.82, 2.24) is 4.90 Å². The number of likely N-dealkylation sites (N-methyl/N-ethyl adjacent to an activating group) is 1. The topological polar surface area (TPSA) is 20.3 Å². The summed E-state index contributed by atoms with van der Waals surface area (Å²) in [7, 11) is 0. The quantitative estimate of drug-likeness (QED) is 0.730. The highest BCUT2D eigenvalue weighted by Crippen LogP contribution is 2.71. The van der Waals surface area contributed by atoms with E-state index in [-0.39, 0.29) is 6.04 Å². The Morgan fingerprint density at radius 1 is 1.25 bits per heavy atom. The van der Waals surface area contributed by atoms with Crippen molar-refractivity contribution in [2.75, 3.05) is 13.1 Å². The number of carbonyl (C=O) groups excluding carboxylic acids is 1. The highest BCUT2D eigenvalue weighted by molar-refractivity contribution is 5.84. The molecule has 0 radical (unpaired) electrons. The lowest BCUT2D eigenvalue weighted by molar-refractivity contribution is -0.123. The first kappa shape index (κ1) is 10.8. The number of likely N-dealkylation sites (tertiary alicyclic amines) is 1. The molecular formula is C14H23NO. The van der Waals surface area contributed by atoms with Crippen LogP contribution in [0.25, 0.3) is 0 Å². The minimum absolute atomic E-state index is 0.256. The van der Waals surface area contributed by atoms with Crippen LogP contribution < -0.4 is 0 Å². The zero-order valence-electron chi connectivity index (χ0n) is 10.6. The highest BCUT2D eigenvalue weighted by Gasteiger charge is 2.63. The maximum atomic E-state index is 11.9. The van der Waals surface area contributed by atoms with Crippen LogP contribution >= 0.6 is 0 Å². The van der Waals surface area contributed by atoms with Gasteiger partial charge in [0, 0.05) is 13.0 Å². The van der Waals surface area contributed by atoms with Crippen LogP contribution in [0, 0.1) is 10.8 Å². The molecule has 0 amide bonds. The first-order valence-electron chi connectivity index (χ1n) is 6.89. The molecule has 0 aromatic rings. The number of rotatable bonds is 3. The molecule has 2 spiro atoms. The summed E-state index contributed by atoms with van der Waals surface area (Å²) in [5.41, 5.74) is 1.31. The molecule has 0 bridgehead atoms. The monoisotopic (exact) mass is 221 g/mol. The van der Waals surface area contributed by atoms with E-state index in [1.54, 1.807) is 0 Å². The van der Waals surface area contributed by atoms with Crippen molar-refractivity contribution in [3.05, 3.63) is 0 Å². The molecule has 90 valence electrons. The van der Waals surface area contributed by atoms with Gasteiger partial charge in [-0.2, -0.15) is 0 Å². The first-order valence-corrected chi connectivity index (χ1v) is 6.89. The lowest BCUT2D eigenvalue weighted by Crippen LogP contribution is -2.40. The molecule has 0 unspecified atom stereocenters. The molecule has 2 heteroatoms. The zero-order valence-corrected chi connectivity index (χ0v) is 10.6. The minimum Gasteiger partial charge on any atom is -0.298 e. The third kappa shape index (κ3) is 1.46. The van der Waals surface area contributed by atoms with Gasteiger partial charge in [0.25, 0.3) is 0 Å². The van der Waals surface area contributed by atoms with Crippen molar-refractivity contribution in [3.8, 4) is 0 Å². The molecular weight excluding hydrogens is 198 g/mol. The smallest absolute Gasteiger partial charge is 0.149 e. The molecule has 3 fully saturated rings. The van der Waals surface area contributed by atoms with Gasteiger partial charge in [0.1, 0.15) is 5.78 Å². The zero-order chi connectivity index (χ0) is 11.4. The van der Waals surface area contributed by atoms with Crippen molar-refractivity contribution < 1.29 is 4.79 Å². The average Bonchev–Trinajstić information content (AvgIpc) is 2.90. The standard InChI is InChI=1S/C14H23NO/c1-3-12(16)11-7-14(10-15(11)4-2)8-13(9-14)5-6-13/h11H,3-10H2,1-2H3/t11-/m0/s1. The predicted octanol–water partition coefficient (Wildman–Crippen LogP) is 2.62. The van der Waals surface area contributed by atoms with E-state index >= 15 is 0 Å². The van der Waals surface area contributed by atoms with Crippen molar-refractivity contribution in [2.45, 2.75) is 58.4 Å². The number of ketones is 1. The first-order chi connectivity index (χ1) is 7.62. The molecule has 0 N–H and O–H groups in total. The van der Waals surface area contributed by atoms with Crippen LogP contribution in [-0.2, 0) is 4.79 Å². The summed E-state index contributed by atoms with van der Waals surface area (Å²) in [5.74, 6) is 0.468. The number of nitrogens with zero attached hydrogens (tertiary/aromatic N) is 1. The van der Waals surface area contributed by atoms with Crippen LogP contribution in [0.5, 0.6) is 0 Å². The van der Waals surface area contributed by atoms with Gasteiger partial charge in [-0.3, -0.25) is 9.69 Å². The molecule has 3 rings (SSSR count). The summed E-state index contributed by atoms with van der Waals surface area (Å²) >= 11 is 0. The van der Waals surface area contributed by atoms with Crippen LogP contribution in [0.2, 0.25) is 0 Å². The number of Topliss-reactive ketones (excluding diaryl/α,β-unsaturated/α-hetero) is 1. The molecule has 3 aliphatic rings. The van der Waals surface area contributed by atoms with Gasteiger partial charge in [-0.1, -0.05) is 13.8 Å². The largest absolute Gasteiger partial charge is 0.298 e. The second-order valence-electron chi connectivity index (χ2n) is 6.46. The third-order valence-electron chi connectivity index (χ3n) is 5.19. The molecule has 1 aliphatic heterocycles. The highest BCUT2D eigenvalue weighted by atomic mass is 16.1. The van der Waals surface area contributed by atoms with Crippen LogP contribution in [0.4, 0.5) is 0 Å². The van der Waals surface area contributed by atoms with Crippen LogP contribution in [0.3, 0.4) is 0 Å². The number of hydrogen-bond acceptors (Lipinski definition) is 2. The lowest BCUT2D eigenvalue weighted by atomic mass is 9.58. The third-order valence-corrected chi connectivity index (χ3v) is 5.19. The Labute approximate surface area is 98.4 Å². The van der Waals surface area contributed by atoms with Gasteiger partial charge in [-0.05, 0) is 49.5 Å². The van der Waals surface area contributed by atoms with E-state index in [0.717, 1.165) is 18.4 Å². The van der Waals surface area contributed by atoms with Crippen LogP contribution in [0.15, 0.2) is 0 Å². The van der Waals surface area contributed by atoms with Crippen molar-refractivity contribution >= 4 is 5.78 Å². The average molecular weight is 221 g/mol. The minimum atomic E-state index is 0.256. The summed E-state index contributed by atoms with van der Waals surface area (Å²) in [6.45, 7) is 6.44. The summed E-state index contributed by atoms with van der Waals surface area (Å²) in [5, 5.41) is 0. The Kier molecular flexibility index (Phi) is 2.23. The summed E-state index contributed by atoms with van der Waals surface area (Å²) < 4.78 is 0. The maximum absolute atomic E-state index is 11.9. The van der Waals surface area contributed by atoms with Crippen molar-refractivity contribution in [1.29, 1.82) is 0 Å². The second kappa shape index (κ2) is 3.32. The van der Waals surface area contributed by atoms with Crippen molar-refractivity contribution in [3.63, 3.8) is 0 Å². The molecule has 1 atom stereocenters. The van der Waals surface area contributed by atoms with Crippen LogP contribution in [0.1, 0.15) is 52.4 Å². The Bertz CT molecular complexity index is 311. The Morgan fingerprint density at radius 3 is 2.44 bits per heavy atom. The Hall–Kier alpha value is -0.370. The summed E-state index contributed by atoms with van der Waals surface area (Å²) in [6, 6.07) is 0.256. The molecule has 0 aromatic carbocycles. The summed E-state index contributed by atoms with van der Waals surface area (Å²) in [4.78, 5) is 14.4. The van der Waals surface area contributed by atoms with Gasteiger partial charge in [0.05, 0.1) is 6.04 Å². The lowest BCUT2D eigenvalue weighted by Gasteiger charge is -2.46. The Morgan fingerprint density at radius 2 is 1.94 bits per heavy atom. The van der Waals surface area contributed by atoms with E-state index in [1.165, 1.54) is 32.2 Å². The summed E-state index contributed by atoms with van der Waals surface area (Å²) in [6.07, 6.45) is 7.65. The van der Waals surface area contributed by atoms with Crippen LogP contribution in [-0.4, -0.2) is 29.8 Å². The van der Waals surface area contributed by atoms with Gasteiger partial charge in [0.15, 0.2) is 0 Å². The van der Waals surface area contributed by atoms with E-state index in [9.17, 15) is 4.79 Å². The van der Waals surface area contributed by atoms with Gasteiger partial charge in [0.2, 0.25) is 0 Å². The molecule has 2 saturated carbocycles. The fourth-order valence-corrected chi connectivity index (χ4v) is 4.36. The van der Waals surface area contributed by atoms with Gasteiger partial charge in [-0.15, -0.1) is 0 Å². The van der Waals surface area contributed by atoms with Crippen molar-refractivity contribution in [2.24, 2.45) is 10.8 Å². The fourth-order valence-electron chi connectivity index (χ4n) is 4.36. The normalized spacial score (nSPS) is 34.2. The van der Waals surface area contributed by atoms with E-state index in [0.29, 0.717) is 17.6 Å². The second-order valence-corrected chi connectivity index (χ2v) is 6.46. The molecule has 2 nitrogen and oxygen atoms in total. The number of hydrogen-bond donors (Lipinski definition) is 0. The molecule has 16 heavy (non-hydrogen) atoms. The van der Waals surface area contributed by atoms with E-state index in [2.05, 4.69) is 11.8 Å². The van der Waals surface area contributed by atoms with E-state index in [1.807, 2.05) is 6.92 Å². The van der Waals surface area contributed by atoms with E-state index < -0.39 is 0 Å². The predicted molar refractivity (Wildman–Crippen MR) is 64.3 cm³/mol. The molecule has 0 aromatic heterocycles. The number of carbonyl (C=O) groups is 1. The molecule has 1 saturated heterocycles. The Balaban J connectivity index is 1.70. The van der Waals surface area contributed by atoms with Gasteiger partial charge >= 0.3 is 0 Å². The molecule has 2 aliphatic carbocycles. The van der Waals surface area contributed by atoms with Gasteiger partial charge in [-0.25, -0.2) is 0 Å². The maximum Gasteiger partial charge on any atom is 0.149 e. The SMILES string of the molecule is CCC(=O)[C@@H]1CC2(CN1CC)CC1(CC1)C2.